The van der Waals surface area contributed by atoms with Crippen LogP contribution in [0.1, 0.15) is 17.9 Å². The number of halogens is 1. The first-order chi connectivity index (χ1) is 13.5. The average molecular weight is 397 g/mol. The quantitative estimate of drug-likeness (QED) is 0.436. The molecule has 2 heterocycles. The molecule has 0 aliphatic carbocycles. The number of anilines is 1. The Morgan fingerprint density at radius 1 is 1.21 bits per heavy atom. The summed E-state index contributed by atoms with van der Waals surface area (Å²) in [4.78, 5) is 22.4. The van der Waals surface area contributed by atoms with E-state index in [0.717, 1.165) is 11.0 Å². The Kier molecular flexibility index (Phi) is 4.74. The lowest BCUT2D eigenvalue weighted by Gasteiger charge is -2.04. The lowest BCUT2D eigenvalue weighted by atomic mass is 10.1. The fourth-order valence-corrected chi connectivity index (χ4v) is 2.98. The summed E-state index contributed by atoms with van der Waals surface area (Å²) in [6, 6.07) is 10.2. The SMILES string of the molecule is Cc1ccc(-c2noc(CCC(=O)Nc3ccc4[nH]c(=S)[nH]c4c3)n2)cc1F. The highest BCUT2D eigenvalue weighted by atomic mass is 32.1. The van der Waals surface area contributed by atoms with Crippen molar-refractivity contribution in [3.8, 4) is 11.4 Å². The highest BCUT2D eigenvalue weighted by molar-refractivity contribution is 7.71. The number of nitrogens with one attached hydrogen (secondary N) is 3. The first-order valence-electron chi connectivity index (χ1n) is 8.59. The number of imidazole rings is 1. The van der Waals surface area contributed by atoms with Gasteiger partial charge < -0.3 is 19.8 Å². The van der Waals surface area contributed by atoms with E-state index in [1.165, 1.54) is 6.07 Å². The third-order valence-corrected chi connectivity index (χ3v) is 4.47. The van der Waals surface area contributed by atoms with Crippen LogP contribution < -0.4 is 5.32 Å². The first-order valence-corrected chi connectivity index (χ1v) is 9.00. The normalized spacial score (nSPS) is 11.1. The van der Waals surface area contributed by atoms with Crippen molar-refractivity contribution in [3.63, 3.8) is 0 Å². The minimum absolute atomic E-state index is 0.172. The van der Waals surface area contributed by atoms with E-state index >= 15 is 0 Å². The maximum Gasteiger partial charge on any atom is 0.227 e. The third kappa shape index (κ3) is 3.84. The van der Waals surface area contributed by atoms with Crippen molar-refractivity contribution in [3.05, 3.63) is 58.4 Å². The molecule has 0 unspecified atom stereocenters. The number of carbonyl (C=O) groups excluding carboxylic acids is 1. The third-order valence-electron chi connectivity index (χ3n) is 4.26. The van der Waals surface area contributed by atoms with Crippen molar-refractivity contribution in [1.82, 2.24) is 20.1 Å². The molecule has 0 aliphatic heterocycles. The van der Waals surface area contributed by atoms with Gasteiger partial charge in [-0.2, -0.15) is 4.98 Å². The number of aromatic nitrogens is 4. The minimum Gasteiger partial charge on any atom is -0.339 e. The van der Waals surface area contributed by atoms with Crippen LogP contribution in [0.2, 0.25) is 0 Å². The number of benzene rings is 2. The van der Waals surface area contributed by atoms with Crippen LogP contribution in [0.4, 0.5) is 10.1 Å². The molecule has 0 fully saturated rings. The van der Waals surface area contributed by atoms with Crippen molar-refractivity contribution >= 4 is 34.8 Å². The molecule has 2 aromatic heterocycles. The van der Waals surface area contributed by atoms with Crippen LogP contribution in [0.5, 0.6) is 0 Å². The molecule has 0 spiro atoms. The van der Waals surface area contributed by atoms with Crippen LogP contribution in [-0.2, 0) is 11.2 Å². The molecule has 1 amide bonds. The number of hydrogen-bond acceptors (Lipinski definition) is 5. The van der Waals surface area contributed by atoms with Gasteiger partial charge in [0, 0.05) is 24.1 Å². The number of nitrogens with zero attached hydrogens (tertiary/aromatic N) is 2. The van der Waals surface area contributed by atoms with Gasteiger partial charge in [0.05, 0.1) is 11.0 Å². The fourth-order valence-electron chi connectivity index (χ4n) is 2.76. The van der Waals surface area contributed by atoms with Crippen molar-refractivity contribution in [2.75, 3.05) is 5.32 Å². The van der Waals surface area contributed by atoms with Gasteiger partial charge >= 0.3 is 0 Å². The molecule has 0 atom stereocenters. The largest absolute Gasteiger partial charge is 0.339 e. The van der Waals surface area contributed by atoms with E-state index in [-0.39, 0.29) is 24.6 Å². The van der Waals surface area contributed by atoms with E-state index < -0.39 is 0 Å². The Hall–Kier alpha value is -3.33. The average Bonchev–Trinajstić information content (AvgIpc) is 3.27. The Balaban J connectivity index is 1.38. The smallest absolute Gasteiger partial charge is 0.227 e. The zero-order valence-corrected chi connectivity index (χ0v) is 15.7. The van der Waals surface area contributed by atoms with Crippen molar-refractivity contribution in [2.24, 2.45) is 0 Å². The molecule has 0 bridgehead atoms. The van der Waals surface area contributed by atoms with E-state index in [1.54, 1.807) is 31.2 Å². The maximum atomic E-state index is 13.7. The van der Waals surface area contributed by atoms with Gasteiger partial charge in [-0.15, -0.1) is 0 Å². The number of aromatic amines is 2. The predicted octanol–water partition coefficient (Wildman–Crippen LogP) is 4.29. The Bertz CT molecular complexity index is 1230. The minimum atomic E-state index is -0.331. The van der Waals surface area contributed by atoms with Gasteiger partial charge in [0.15, 0.2) is 4.77 Å². The first kappa shape index (κ1) is 18.1. The predicted molar refractivity (Wildman–Crippen MR) is 105 cm³/mol. The number of fused-ring (bicyclic) bond motifs is 1. The molecule has 0 aliphatic rings. The zero-order chi connectivity index (χ0) is 19.7. The van der Waals surface area contributed by atoms with E-state index in [4.69, 9.17) is 16.7 Å². The molecular weight excluding hydrogens is 381 g/mol. The summed E-state index contributed by atoms with van der Waals surface area (Å²) >= 11 is 5.05. The lowest BCUT2D eigenvalue weighted by molar-refractivity contribution is -0.116. The second kappa shape index (κ2) is 7.35. The van der Waals surface area contributed by atoms with Gasteiger partial charge in [0.25, 0.3) is 0 Å². The van der Waals surface area contributed by atoms with Gasteiger partial charge in [0.1, 0.15) is 5.82 Å². The van der Waals surface area contributed by atoms with Gasteiger partial charge in [-0.25, -0.2) is 4.39 Å². The molecule has 0 radical (unpaired) electrons. The Morgan fingerprint density at radius 2 is 2.04 bits per heavy atom. The zero-order valence-electron chi connectivity index (χ0n) is 14.9. The molecule has 7 nitrogen and oxygen atoms in total. The summed E-state index contributed by atoms with van der Waals surface area (Å²) in [5.74, 6) is 0.0939. The van der Waals surface area contributed by atoms with Crippen LogP contribution in [0.3, 0.4) is 0 Å². The van der Waals surface area contributed by atoms with E-state index in [2.05, 4.69) is 25.4 Å². The molecule has 142 valence electrons. The van der Waals surface area contributed by atoms with Crippen molar-refractivity contribution in [2.45, 2.75) is 19.8 Å². The molecule has 0 saturated heterocycles. The van der Waals surface area contributed by atoms with Gasteiger partial charge in [-0.05, 0) is 49.0 Å². The summed E-state index contributed by atoms with van der Waals surface area (Å²) in [5, 5.41) is 6.67. The highest BCUT2D eigenvalue weighted by Gasteiger charge is 2.12. The Labute approximate surface area is 164 Å². The summed E-state index contributed by atoms with van der Waals surface area (Å²) in [6.45, 7) is 1.68. The molecule has 4 aromatic rings. The summed E-state index contributed by atoms with van der Waals surface area (Å²) in [6.07, 6.45) is 0.451. The van der Waals surface area contributed by atoms with Crippen LogP contribution in [0, 0.1) is 17.5 Å². The van der Waals surface area contributed by atoms with E-state index in [1.807, 2.05) is 6.07 Å². The number of carbonyl (C=O) groups is 1. The number of rotatable bonds is 5. The van der Waals surface area contributed by atoms with Gasteiger partial charge in [-0.1, -0.05) is 17.3 Å². The van der Waals surface area contributed by atoms with Crippen molar-refractivity contribution in [1.29, 1.82) is 0 Å². The second-order valence-electron chi connectivity index (χ2n) is 6.36. The summed E-state index contributed by atoms with van der Waals surface area (Å²) < 4.78 is 19.4. The molecule has 4 rings (SSSR count). The Morgan fingerprint density at radius 3 is 2.86 bits per heavy atom. The lowest BCUT2D eigenvalue weighted by Crippen LogP contribution is -2.12. The van der Waals surface area contributed by atoms with Gasteiger partial charge in [0.2, 0.25) is 17.6 Å². The van der Waals surface area contributed by atoms with Crippen LogP contribution in [0.15, 0.2) is 40.9 Å². The maximum absolute atomic E-state index is 13.7. The van der Waals surface area contributed by atoms with Crippen molar-refractivity contribution < 1.29 is 13.7 Å². The van der Waals surface area contributed by atoms with E-state index in [9.17, 15) is 9.18 Å². The molecular formula is C19H16FN5O2S. The van der Waals surface area contributed by atoms with Crippen LogP contribution in [-0.4, -0.2) is 26.0 Å². The summed E-state index contributed by atoms with van der Waals surface area (Å²) in [5.41, 5.74) is 3.41. The monoisotopic (exact) mass is 397 g/mol. The molecule has 9 heteroatoms. The molecule has 3 N–H and O–H groups in total. The topological polar surface area (TPSA) is 99.6 Å². The number of H-pyrrole nitrogens is 2. The number of amides is 1. The highest BCUT2D eigenvalue weighted by Crippen LogP contribution is 2.20. The van der Waals surface area contributed by atoms with Gasteiger partial charge in [-0.3, -0.25) is 4.79 Å². The summed E-state index contributed by atoms with van der Waals surface area (Å²) in [7, 11) is 0. The van der Waals surface area contributed by atoms with Crippen LogP contribution >= 0.6 is 12.2 Å². The molecule has 2 aromatic carbocycles. The number of aryl methyl sites for hydroxylation is 2. The molecule has 0 saturated carbocycles. The van der Waals surface area contributed by atoms with Crippen LogP contribution in [0.25, 0.3) is 22.4 Å². The fraction of sp³-hybridized carbons (Fsp3) is 0.158. The molecule has 28 heavy (non-hydrogen) atoms. The van der Waals surface area contributed by atoms with E-state index in [0.29, 0.717) is 33.3 Å². The standard InChI is InChI=1S/C19H16FN5O2S/c1-10-2-3-11(8-13(10)20)18-24-17(27-25-18)7-6-16(26)21-12-4-5-14-15(9-12)23-19(28)22-14/h2-5,8-9H,6-7H2,1H3,(H,21,26)(H2,22,23,28). The number of hydrogen-bond donors (Lipinski definition) is 3. The second-order valence-corrected chi connectivity index (χ2v) is 6.77.